The standard InChI is InChI=1S/C9H12N2O6/c12-3-6(4-13)17-8(5-14)11-2-1-7(15)10-9(11)16/h1-2,5-6,8,12-13H,3-4H2,(H,10,15,16)/t8-/m1/s1. The van der Waals surface area contributed by atoms with Crippen LogP contribution in [0.5, 0.6) is 0 Å². The van der Waals surface area contributed by atoms with E-state index in [0.29, 0.717) is 6.29 Å². The van der Waals surface area contributed by atoms with Crippen LogP contribution in [0.4, 0.5) is 0 Å². The van der Waals surface area contributed by atoms with Crippen molar-refractivity contribution >= 4 is 6.29 Å². The van der Waals surface area contributed by atoms with Crippen LogP contribution in [0.2, 0.25) is 0 Å². The van der Waals surface area contributed by atoms with Crippen LogP contribution in [0.15, 0.2) is 21.9 Å². The average molecular weight is 244 g/mol. The second-order valence-corrected chi connectivity index (χ2v) is 3.17. The van der Waals surface area contributed by atoms with E-state index in [2.05, 4.69) is 0 Å². The number of aromatic nitrogens is 2. The van der Waals surface area contributed by atoms with E-state index in [1.807, 2.05) is 4.98 Å². The molecule has 8 heteroatoms. The van der Waals surface area contributed by atoms with Gasteiger partial charge in [0.15, 0.2) is 12.5 Å². The molecule has 17 heavy (non-hydrogen) atoms. The number of ether oxygens (including phenoxy) is 1. The van der Waals surface area contributed by atoms with Crippen molar-refractivity contribution in [1.29, 1.82) is 0 Å². The van der Waals surface area contributed by atoms with E-state index in [4.69, 9.17) is 14.9 Å². The van der Waals surface area contributed by atoms with Crippen LogP contribution in [0, 0.1) is 0 Å². The molecule has 0 aromatic carbocycles. The van der Waals surface area contributed by atoms with Crippen LogP contribution in [0.1, 0.15) is 6.23 Å². The van der Waals surface area contributed by atoms with Gasteiger partial charge in [-0.3, -0.25) is 19.1 Å². The molecular weight excluding hydrogens is 232 g/mol. The summed E-state index contributed by atoms with van der Waals surface area (Å²) in [5.74, 6) is 0. The molecule has 0 amide bonds. The van der Waals surface area contributed by atoms with E-state index in [1.54, 1.807) is 0 Å². The van der Waals surface area contributed by atoms with Crippen molar-refractivity contribution in [1.82, 2.24) is 9.55 Å². The molecule has 3 N–H and O–H groups in total. The van der Waals surface area contributed by atoms with Crippen LogP contribution >= 0.6 is 0 Å². The zero-order valence-corrected chi connectivity index (χ0v) is 8.78. The number of aliphatic hydroxyl groups excluding tert-OH is 2. The van der Waals surface area contributed by atoms with Crippen molar-refractivity contribution in [2.45, 2.75) is 12.3 Å². The third-order valence-electron chi connectivity index (χ3n) is 1.98. The van der Waals surface area contributed by atoms with Crippen LogP contribution in [0.3, 0.4) is 0 Å². The fourth-order valence-electron chi connectivity index (χ4n) is 1.13. The summed E-state index contributed by atoms with van der Waals surface area (Å²) in [7, 11) is 0. The summed E-state index contributed by atoms with van der Waals surface area (Å²) in [6.45, 7) is -1.00. The molecule has 1 atom stereocenters. The lowest BCUT2D eigenvalue weighted by Crippen LogP contribution is -2.36. The number of hydrogen-bond acceptors (Lipinski definition) is 6. The molecule has 8 nitrogen and oxygen atoms in total. The maximum absolute atomic E-state index is 11.3. The number of carbonyl (C=O) groups excluding carboxylic acids is 1. The highest BCUT2D eigenvalue weighted by Gasteiger charge is 2.17. The van der Waals surface area contributed by atoms with Gasteiger partial charge < -0.3 is 14.9 Å². The Morgan fingerprint density at radius 1 is 1.41 bits per heavy atom. The maximum Gasteiger partial charge on any atom is 0.330 e. The first-order valence-electron chi connectivity index (χ1n) is 4.76. The Labute approximate surface area is 95.1 Å². The summed E-state index contributed by atoms with van der Waals surface area (Å²) in [6, 6.07) is 1.05. The molecule has 0 spiro atoms. The molecule has 0 radical (unpaired) electrons. The smallest absolute Gasteiger partial charge is 0.330 e. The molecule has 94 valence electrons. The van der Waals surface area contributed by atoms with Crippen molar-refractivity contribution in [3.63, 3.8) is 0 Å². The summed E-state index contributed by atoms with van der Waals surface area (Å²) in [5.41, 5.74) is -1.42. The lowest BCUT2D eigenvalue weighted by atomic mass is 10.4. The zero-order valence-electron chi connectivity index (χ0n) is 8.78. The van der Waals surface area contributed by atoms with Gasteiger partial charge >= 0.3 is 5.69 Å². The SMILES string of the molecule is O=C[C@@H](OC(CO)CO)n1ccc(=O)[nH]c1=O. The molecule has 0 bridgehead atoms. The van der Waals surface area contributed by atoms with Crippen LogP contribution in [0.25, 0.3) is 0 Å². The van der Waals surface area contributed by atoms with Crippen molar-refractivity contribution in [2.24, 2.45) is 0 Å². The van der Waals surface area contributed by atoms with Gasteiger partial charge in [-0.2, -0.15) is 0 Å². The number of aldehydes is 1. The topological polar surface area (TPSA) is 122 Å². The highest BCUT2D eigenvalue weighted by molar-refractivity contribution is 5.53. The Balaban J connectivity index is 2.97. The second-order valence-electron chi connectivity index (χ2n) is 3.17. The number of rotatable bonds is 6. The lowest BCUT2D eigenvalue weighted by Gasteiger charge is -2.19. The first-order chi connectivity index (χ1) is 8.12. The lowest BCUT2D eigenvalue weighted by molar-refractivity contribution is -0.136. The number of aromatic amines is 1. The van der Waals surface area contributed by atoms with Gasteiger partial charge in [-0.05, 0) is 0 Å². The summed E-state index contributed by atoms with van der Waals surface area (Å²) in [5, 5.41) is 17.6. The van der Waals surface area contributed by atoms with E-state index >= 15 is 0 Å². The third-order valence-corrected chi connectivity index (χ3v) is 1.98. The highest BCUT2D eigenvalue weighted by Crippen LogP contribution is 2.05. The minimum atomic E-state index is -1.32. The minimum Gasteiger partial charge on any atom is -0.394 e. The van der Waals surface area contributed by atoms with E-state index in [-0.39, 0.29) is 0 Å². The quantitative estimate of drug-likeness (QED) is 0.480. The number of carbonyl (C=O) groups is 1. The van der Waals surface area contributed by atoms with Gasteiger partial charge in [0.25, 0.3) is 5.56 Å². The van der Waals surface area contributed by atoms with E-state index in [9.17, 15) is 14.4 Å². The Kier molecular flexibility index (Phi) is 4.76. The molecule has 0 saturated carbocycles. The Morgan fingerprint density at radius 2 is 2.06 bits per heavy atom. The van der Waals surface area contributed by atoms with Gasteiger partial charge in [0, 0.05) is 12.3 Å². The summed E-state index contributed by atoms with van der Waals surface area (Å²) in [4.78, 5) is 34.9. The number of nitrogens with zero attached hydrogens (tertiary/aromatic N) is 1. The van der Waals surface area contributed by atoms with Gasteiger partial charge in [-0.1, -0.05) is 0 Å². The summed E-state index contributed by atoms with van der Waals surface area (Å²) < 4.78 is 5.82. The molecule has 0 fully saturated rings. The first-order valence-corrected chi connectivity index (χ1v) is 4.76. The number of hydrogen-bond donors (Lipinski definition) is 3. The van der Waals surface area contributed by atoms with Crippen LogP contribution < -0.4 is 11.2 Å². The Hall–Kier alpha value is -1.77. The minimum absolute atomic E-state index is 0.317. The fraction of sp³-hybridized carbons (Fsp3) is 0.444. The number of aliphatic hydroxyl groups is 2. The third kappa shape index (κ3) is 3.34. The first kappa shape index (κ1) is 13.3. The van der Waals surface area contributed by atoms with E-state index in [1.165, 1.54) is 0 Å². The van der Waals surface area contributed by atoms with Crippen LogP contribution in [-0.4, -0.2) is 45.4 Å². The van der Waals surface area contributed by atoms with E-state index < -0.39 is 36.8 Å². The van der Waals surface area contributed by atoms with Gasteiger partial charge in [0.2, 0.25) is 0 Å². The normalized spacial score (nSPS) is 12.6. The number of nitrogens with one attached hydrogen (secondary N) is 1. The van der Waals surface area contributed by atoms with Gasteiger partial charge in [0.05, 0.1) is 13.2 Å². The fourth-order valence-corrected chi connectivity index (χ4v) is 1.13. The molecule has 1 rings (SSSR count). The molecule has 0 saturated heterocycles. The summed E-state index contributed by atoms with van der Waals surface area (Å²) in [6.07, 6.45) is -0.892. The molecule has 0 aliphatic heterocycles. The summed E-state index contributed by atoms with van der Waals surface area (Å²) >= 11 is 0. The van der Waals surface area contributed by atoms with Crippen molar-refractivity contribution < 1.29 is 19.7 Å². The molecule has 0 aliphatic rings. The zero-order chi connectivity index (χ0) is 12.8. The average Bonchev–Trinajstić information content (AvgIpc) is 2.32. The molecule has 0 unspecified atom stereocenters. The largest absolute Gasteiger partial charge is 0.394 e. The van der Waals surface area contributed by atoms with Gasteiger partial charge in [-0.25, -0.2) is 4.79 Å². The van der Waals surface area contributed by atoms with Gasteiger partial charge in [0.1, 0.15) is 6.10 Å². The van der Waals surface area contributed by atoms with Crippen molar-refractivity contribution in [3.05, 3.63) is 33.1 Å². The molecule has 0 aliphatic carbocycles. The predicted octanol–water partition coefficient (Wildman–Crippen LogP) is -2.40. The number of H-pyrrole nitrogens is 1. The highest BCUT2D eigenvalue weighted by atomic mass is 16.5. The second kappa shape index (κ2) is 6.09. The molecular formula is C9H12N2O6. The van der Waals surface area contributed by atoms with Crippen molar-refractivity contribution in [3.8, 4) is 0 Å². The van der Waals surface area contributed by atoms with Crippen molar-refractivity contribution in [2.75, 3.05) is 13.2 Å². The van der Waals surface area contributed by atoms with Crippen LogP contribution in [-0.2, 0) is 9.53 Å². The Morgan fingerprint density at radius 3 is 2.53 bits per heavy atom. The monoisotopic (exact) mass is 244 g/mol. The maximum atomic E-state index is 11.3. The Bertz CT molecular complexity index is 475. The molecule has 1 heterocycles. The molecule has 1 aromatic heterocycles. The predicted molar refractivity (Wildman–Crippen MR) is 55.5 cm³/mol. The van der Waals surface area contributed by atoms with Gasteiger partial charge in [-0.15, -0.1) is 0 Å². The molecule has 1 aromatic rings. The van der Waals surface area contributed by atoms with E-state index in [0.717, 1.165) is 16.8 Å².